The molecule has 0 spiro atoms. The Kier molecular flexibility index (Phi) is 5.42. The fourth-order valence-corrected chi connectivity index (χ4v) is 2.87. The highest BCUT2D eigenvalue weighted by atomic mass is 16.5. The van der Waals surface area contributed by atoms with E-state index in [1.54, 1.807) is 49.4 Å². The number of nitrogens with zero attached hydrogens (tertiary/aromatic N) is 2. The molecule has 0 bridgehead atoms. The van der Waals surface area contributed by atoms with Gasteiger partial charge >= 0.3 is 11.7 Å². The highest BCUT2D eigenvalue weighted by molar-refractivity contribution is 5.89. The molecule has 0 unspecified atom stereocenters. The summed E-state index contributed by atoms with van der Waals surface area (Å²) in [5.41, 5.74) is 1.71. The normalized spacial score (nSPS) is 10.7. The van der Waals surface area contributed by atoms with Gasteiger partial charge in [-0.1, -0.05) is 0 Å². The molecule has 9 heteroatoms. The fraction of sp³-hybridized carbons (Fsp3) is 0.143. The van der Waals surface area contributed by atoms with Gasteiger partial charge in [0.25, 0.3) is 0 Å². The van der Waals surface area contributed by atoms with Crippen LogP contribution < -0.4 is 15.7 Å². The number of amides is 1. The number of ether oxygens (including phenoxy) is 2. The molecule has 0 atom stereocenters. The van der Waals surface area contributed by atoms with E-state index in [4.69, 9.17) is 18.3 Å². The summed E-state index contributed by atoms with van der Waals surface area (Å²) in [6.07, 6.45) is 0.683. The van der Waals surface area contributed by atoms with Gasteiger partial charge < -0.3 is 18.3 Å². The van der Waals surface area contributed by atoms with Crippen LogP contribution in [-0.4, -0.2) is 22.9 Å². The Labute approximate surface area is 170 Å². The lowest BCUT2D eigenvalue weighted by Crippen LogP contribution is -2.13. The summed E-state index contributed by atoms with van der Waals surface area (Å²) in [4.78, 5) is 23.6. The monoisotopic (exact) mass is 407 g/mol. The molecule has 0 radical (unpaired) electrons. The molecule has 1 amide bonds. The lowest BCUT2D eigenvalue weighted by molar-refractivity contribution is 0.168. The molecule has 2 aromatic heterocycles. The maximum Gasteiger partial charge on any atom is 0.411 e. The first-order valence-electron chi connectivity index (χ1n) is 9.12. The predicted molar refractivity (Wildman–Crippen MR) is 107 cm³/mol. The summed E-state index contributed by atoms with van der Waals surface area (Å²) in [6.45, 7) is 2.13. The second kappa shape index (κ2) is 8.48. The average molecular weight is 407 g/mol. The van der Waals surface area contributed by atoms with Crippen molar-refractivity contribution in [3.63, 3.8) is 0 Å². The number of fused-ring (bicyclic) bond motifs is 1. The van der Waals surface area contributed by atoms with E-state index >= 15 is 0 Å². The summed E-state index contributed by atoms with van der Waals surface area (Å²) in [5, 5.41) is 10.8. The highest BCUT2D eigenvalue weighted by Gasteiger charge is 2.10. The zero-order valence-electron chi connectivity index (χ0n) is 16.0. The van der Waals surface area contributed by atoms with Crippen LogP contribution in [0, 0.1) is 0 Å². The molecule has 4 aromatic rings. The van der Waals surface area contributed by atoms with Crippen molar-refractivity contribution in [2.45, 2.75) is 13.5 Å². The van der Waals surface area contributed by atoms with Gasteiger partial charge in [0.15, 0.2) is 0 Å². The number of hydrogen-bond donors (Lipinski definition) is 1. The maximum atomic E-state index is 12.0. The molecule has 0 fully saturated rings. The second-order valence-electron chi connectivity index (χ2n) is 6.20. The smallest absolute Gasteiger partial charge is 0.411 e. The van der Waals surface area contributed by atoms with Crippen LogP contribution in [0.5, 0.6) is 5.75 Å². The molecule has 2 aromatic carbocycles. The molecular weight excluding hydrogens is 390 g/mol. The van der Waals surface area contributed by atoms with Crippen LogP contribution in [0.1, 0.15) is 12.5 Å². The molecule has 152 valence electrons. The molecule has 2 heterocycles. The molecule has 0 aliphatic rings. The molecular formula is C21H17N3O6. The summed E-state index contributed by atoms with van der Waals surface area (Å²) >= 11 is 0. The Hall–Kier alpha value is -4.14. The van der Waals surface area contributed by atoms with E-state index in [0.29, 0.717) is 33.9 Å². The quantitative estimate of drug-likeness (QED) is 0.477. The highest BCUT2D eigenvalue weighted by Crippen LogP contribution is 2.24. The lowest BCUT2D eigenvalue weighted by atomic mass is 10.1. The lowest BCUT2D eigenvalue weighted by Gasteiger charge is -2.10. The van der Waals surface area contributed by atoms with Gasteiger partial charge in [-0.2, -0.15) is 0 Å². The van der Waals surface area contributed by atoms with Crippen molar-refractivity contribution in [3.8, 4) is 17.2 Å². The Morgan fingerprint density at radius 1 is 1.13 bits per heavy atom. The molecule has 0 saturated heterocycles. The van der Waals surface area contributed by atoms with Crippen LogP contribution in [0.2, 0.25) is 0 Å². The van der Waals surface area contributed by atoms with Gasteiger partial charge in [0.2, 0.25) is 12.3 Å². The number of nitrogens with one attached hydrogen (secondary N) is 1. The van der Waals surface area contributed by atoms with E-state index in [1.807, 2.05) is 0 Å². The first-order chi connectivity index (χ1) is 14.6. The van der Waals surface area contributed by atoms with Crippen molar-refractivity contribution in [1.82, 2.24) is 10.2 Å². The summed E-state index contributed by atoms with van der Waals surface area (Å²) in [6, 6.07) is 13.5. The van der Waals surface area contributed by atoms with Gasteiger partial charge in [-0.05, 0) is 43.3 Å². The van der Waals surface area contributed by atoms with Gasteiger partial charge in [-0.15, -0.1) is 10.2 Å². The number of aromatic nitrogens is 2. The van der Waals surface area contributed by atoms with Crippen LogP contribution >= 0.6 is 0 Å². The third-order valence-electron chi connectivity index (χ3n) is 4.21. The van der Waals surface area contributed by atoms with E-state index < -0.39 is 11.7 Å². The number of carbonyl (C=O) groups excluding carboxylic acids is 1. The van der Waals surface area contributed by atoms with Crippen molar-refractivity contribution in [3.05, 3.63) is 70.9 Å². The zero-order valence-corrected chi connectivity index (χ0v) is 16.0. The van der Waals surface area contributed by atoms with Crippen LogP contribution in [0.15, 0.2) is 68.6 Å². The number of benzene rings is 2. The Morgan fingerprint density at radius 3 is 2.70 bits per heavy atom. The number of rotatable bonds is 6. The first-order valence-corrected chi connectivity index (χ1v) is 9.12. The third kappa shape index (κ3) is 4.30. The summed E-state index contributed by atoms with van der Waals surface area (Å²) < 4.78 is 21.1. The summed E-state index contributed by atoms with van der Waals surface area (Å²) in [5.74, 6) is 1.03. The van der Waals surface area contributed by atoms with E-state index in [1.165, 1.54) is 12.5 Å². The van der Waals surface area contributed by atoms with Gasteiger partial charge in [0, 0.05) is 34.3 Å². The van der Waals surface area contributed by atoms with Crippen LogP contribution in [0.4, 0.5) is 10.5 Å². The van der Waals surface area contributed by atoms with Crippen LogP contribution in [0.25, 0.3) is 22.4 Å². The molecule has 9 nitrogen and oxygen atoms in total. The van der Waals surface area contributed by atoms with Gasteiger partial charge in [-0.3, -0.25) is 5.32 Å². The van der Waals surface area contributed by atoms with Crippen LogP contribution in [-0.2, 0) is 11.3 Å². The first kappa shape index (κ1) is 19.2. The average Bonchev–Trinajstić information content (AvgIpc) is 3.27. The number of carbonyl (C=O) groups is 1. The predicted octanol–water partition coefficient (Wildman–Crippen LogP) is 3.99. The molecule has 0 saturated carbocycles. The second-order valence-corrected chi connectivity index (χ2v) is 6.20. The third-order valence-corrected chi connectivity index (χ3v) is 4.21. The topological polar surface area (TPSA) is 117 Å². The Balaban J connectivity index is 1.52. The van der Waals surface area contributed by atoms with E-state index in [9.17, 15) is 9.59 Å². The van der Waals surface area contributed by atoms with E-state index in [0.717, 1.165) is 5.56 Å². The van der Waals surface area contributed by atoms with Crippen molar-refractivity contribution in [1.29, 1.82) is 0 Å². The largest absolute Gasteiger partial charge is 0.489 e. The van der Waals surface area contributed by atoms with Gasteiger partial charge in [0.1, 0.15) is 17.9 Å². The van der Waals surface area contributed by atoms with E-state index in [2.05, 4.69) is 15.5 Å². The van der Waals surface area contributed by atoms with Crippen molar-refractivity contribution < 1.29 is 23.1 Å². The minimum Gasteiger partial charge on any atom is -0.489 e. The summed E-state index contributed by atoms with van der Waals surface area (Å²) in [7, 11) is 0. The van der Waals surface area contributed by atoms with Crippen molar-refractivity contribution in [2.75, 3.05) is 11.9 Å². The van der Waals surface area contributed by atoms with E-state index in [-0.39, 0.29) is 13.2 Å². The molecule has 1 N–H and O–H groups in total. The molecule has 0 aliphatic carbocycles. The van der Waals surface area contributed by atoms with Gasteiger partial charge in [0.05, 0.1) is 6.61 Å². The molecule has 0 aliphatic heterocycles. The standard InChI is InChI=1S/C21H17N3O6/c1-2-27-21(26)23-15-5-8-17-14(9-19(25)30-18(17)10-15)11-28-16-6-3-13(4-7-16)20-24-22-12-29-20/h3-10,12H,2,11H2,1H3,(H,23,26). The Bertz CT molecular complexity index is 1220. The fourth-order valence-electron chi connectivity index (χ4n) is 2.87. The van der Waals surface area contributed by atoms with Crippen LogP contribution in [0.3, 0.4) is 0 Å². The SMILES string of the molecule is CCOC(=O)Nc1ccc2c(COc3ccc(-c4nnco4)cc3)cc(=O)oc2c1. The minimum absolute atomic E-state index is 0.159. The minimum atomic E-state index is -0.581. The number of anilines is 1. The molecule has 4 rings (SSSR count). The van der Waals surface area contributed by atoms with Crippen molar-refractivity contribution >= 4 is 22.7 Å². The number of hydrogen-bond acceptors (Lipinski definition) is 8. The maximum absolute atomic E-state index is 12.0. The Morgan fingerprint density at radius 2 is 1.97 bits per heavy atom. The van der Waals surface area contributed by atoms with Crippen molar-refractivity contribution in [2.24, 2.45) is 0 Å². The zero-order chi connectivity index (χ0) is 20.9. The van der Waals surface area contributed by atoms with Gasteiger partial charge in [-0.25, -0.2) is 9.59 Å². The molecule has 30 heavy (non-hydrogen) atoms.